The van der Waals surface area contributed by atoms with Crippen molar-refractivity contribution in [3.8, 4) is 28.7 Å². The second-order valence-corrected chi connectivity index (χ2v) is 11.3. The normalized spacial score (nSPS) is 29.5. The van der Waals surface area contributed by atoms with Crippen molar-refractivity contribution in [1.82, 2.24) is 0 Å². The van der Waals surface area contributed by atoms with Crippen LogP contribution >= 0.6 is 0 Å². The lowest BCUT2D eigenvalue weighted by Crippen LogP contribution is -2.62. The van der Waals surface area contributed by atoms with E-state index in [2.05, 4.69) is 0 Å². The van der Waals surface area contributed by atoms with E-state index in [1.807, 2.05) is 0 Å². The van der Waals surface area contributed by atoms with Gasteiger partial charge in [-0.25, -0.2) is 9.59 Å². The minimum absolute atomic E-state index is 0.0541. The lowest BCUT2D eigenvalue weighted by atomic mass is 9.98. The van der Waals surface area contributed by atoms with Gasteiger partial charge in [0, 0.05) is 12.2 Å². The van der Waals surface area contributed by atoms with E-state index in [1.54, 1.807) is 0 Å². The molecule has 18 heteroatoms. The zero-order chi connectivity index (χ0) is 37.4. The van der Waals surface area contributed by atoms with Crippen molar-refractivity contribution in [3.05, 3.63) is 53.6 Å². The summed E-state index contributed by atoms with van der Waals surface area (Å²) >= 11 is 0. The summed E-state index contributed by atoms with van der Waals surface area (Å²) in [6.45, 7) is -1.45. The van der Waals surface area contributed by atoms with Crippen molar-refractivity contribution in [2.75, 3.05) is 34.5 Å². The fourth-order valence-electron chi connectivity index (χ4n) is 5.12. The van der Waals surface area contributed by atoms with Crippen molar-refractivity contribution >= 4 is 24.1 Å². The van der Waals surface area contributed by atoms with Crippen LogP contribution < -0.4 is 14.2 Å². The largest absolute Gasteiger partial charge is 0.504 e. The van der Waals surface area contributed by atoms with Gasteiger partial charge in [-0.2, -0.15) is 0 Å². The van der Waals surface area contributed by atoms with Crippen LogP contribution in [0.2, 0.25) is 0 Å². The Balaban J connectivity index is 1.44. The van der Waals surface area contributed by atoms with Crippen molar-refractivity contribution in [1.29, 1.82) is 0 Å². The van der Waals surface area contributed by atoms with Crippen molar-refractivity contribution in [2.24, 2.45) is 0 Å². The number of phenols is 2. The van der Waals surface area contributed by atoms with Crippen molar-refractivity contribution in [2.45, 2.75) is 61.4 Å². The number of carbonyl (C=O) groups is 2. The summed E-state index contributed by atoms with van der Waals surface area (Å²) in [7, 11) is 3.97. The predicted molar refractivity (Wildman–Crippen MR) is 170 cm³/mol. The highest BCUT2D eigenvalue weighted by Crippen LogP contribution is 2.37. The Morgan fingerprint density at radius 3 is 1.84 bits per heavy atom. The number of aliphatic hydroxyl groups excluding tert-OH is 6. The average Bonchev–Trinajstić information content (AvgIpc) is 3.12. The summed E-state index contributed by atoms with van der Waals surface area (Å²) < 4.78 is 42.3. The van der Waals surface area contributed by atoms with E-state index in [1.165, 1.54) is 63.8 Å². The van der Waals surface area contributed by atoms with Gasteiger partial charge in [0.25, 0.3) is 0 Å². The second kappa shape index (κ2) is 17.6. The van der Waals surface area contributed by atoms with E-state index in [0.717, 1.165) is 12.2 Å². The molecule has 2 fully saturated rings. The third-order valence-corrected chi connectivity index (χ3v) is 7.93. The summed E-state index contributed by atoms with van der Waals surface area (Å²) in [5.41, 5.74) is 0.795. The molecule has 4 rings (SSSR count). The van der Waals surface area contributed by atoms with Crippen molar-refractivity contribution < 1.29 is 88.3 Å². The predicted octanol–water partition coefficient (Wildman–Crippen LogP) is -1.43. The third kappa shape index (κ3) is 9.44. The molecule has 51 heavy (non-hydrogen) atoms. The molecule has 2 aliphatic heterocycles. The summed E-state index contributed by atoms with van der Waals surface area (Å²) in [5.74, 6) is -2.20. The third-order valence-electron chi connectivity index (χ3n) is 7.93. The maximum atomic E-state index is 12.8. The van der Waals surface area contributed by atoms with E-state index in [9.17, 15) is 50.4 Å². The van der Waals surface area contributed by atoms with Gasteiger partial charge < -0.3 is 78.7 Å². The van der Waals surface area contributed by atoms with Gasteiger partial charge in [-0.15, -0.1) is 0 Å². The van der Waals surface area contributed by atoms with Crippen LogP contribution in [0.5, 0.6) is 28.7 Å². The van der Waals surface area contributed by atoms with Crippen LogP contribution in [-0.2, 0) is 33.3 Å². The number of phenolic OH excluding ortho intramolecular Hbond substituents is 2. The number of aliphatic hydroxyl groups is 6. The Morgan fingerprint density at radius 2 is 1.24 bits per heavy atom. The van der Waals surface area contributed by atoms with Crippen molar-refractivity contribution in [3.63, 3.8) is 0 Å². The zero-order valence-corrected chi connectivity index (χ0v) is 27.5. The quantitative estimate of drug-likeness (QED) is 0.0869. The molecule has 0 saturated carbocycles. The number of hydrogen-bond donors (Lipinski definition) is 8. The molecule has 0 bridgehead atoms. The number of hydrogen-bond acceptors (Lipinski definition) is 18. The Morgan fingerprint density at radius 1 is 0.686 bits per heavy atom. The molecule has 0 aromatic heterocycles. The first kappa shape index (κ1) is 39.3. The zero-order valence-electron chi connectivity index (χ0n) is 27.5. The summed E-state index contributed by atoms with van der Waals surface area (Å²) in [5, 5.41) is 82.2. The Bertz CT molecular complexity index is 1540. The topological polar surface area (TPSA) is 270 Å². The van der Waals surface area contributed by atoms with Crippen LogP contribution in [0, 0.1) is 0 Å². The first-order valence-electron chi connectivity index (χ1n) is 15.3. The molecule has 18 nitrogen and oxygen atoms in total. The molecule has 2 heterocycles. The summed E-state index contributed by atoms with van der Waals surface area (Å²) in [6, 6.07) is 7.06. The minimum Gasteiger partial charge on any atom is -0.504 e. The smallest absolute Gasteiger partial charge is 0.333 e. The summed E-state index contributed by atoms with van der Waals surface area (Å²) in [4.78, 5) is 25.3. The molecule has 2 aromatic rings. The molecule has 2 aliphatic rings. The molecule has 8 N–H and O–H groups in total. The molecule has 10 atom stereocenters. The van der Waals surface area contributed by atoms with E-state index in [4.69, 9.17) is 37.9 Å². The second-order valence-electron chi connectivity index (χ2n) is 11.3. The standard InChI is InChI=1S/C33H40O18/c1-44-18-10-15(4-7-17(18)35)5-8-24(37)51-32-30(43)28(41)27(40)22(49-32)14-47-33-31(29(42)26(39)21(13-34)48-33)50-23(36)9-6-16-11-19(45-2)25(38)20(12-16)46-3/h4-12,21-22,26-35,38-43H,13-14H2,1-3H3. The van der Waals surface area contributed by atoms with Gasteiger partial charge in [0.2, 0.25) is 12.0 Å². The van der Waals surface area contributed by atoms with Crippen LogP contribution in [0.4, 0.5) is 0 Å². The first-order valence-corrected chi connectivity index (χ1v) is 15.3. The number of aromatic hydroxyl groups is 2. The SMILES string of the molecule is COc1cc(C=CC(=O)OC2OC(COC3OC(CO)C(O)C(O)C3OC(=O)C=Cc3cc(OC)c(O)c(OC)c3)C(O)C(O)C2O)ccc1O. The highest BCUT2D eigenvalue weighted by atomic mass is 16.7. The molecular weight excluding hydrogens is 684 g/mol. The minimum atomic E-state index is -1.89. The number of benzene rings is 2. The van der Waals surface area contributed by atoms with Gasteiger partial charge in [0.15, 0.2) is 35.4 Å². The molecule has 10 unspecified atom stereocenters. The first-order chi connectivity index (χ1) is 24.3. The highest BCUT2D eigenvalue weighted by molar-refractivity contribution is 5.88. The van der Waals surface area contributed by atoms with Crippen LogP contribution in [0.25, 0.3) is 12.2 Å². The summed E-state index contributed by atoms with van der Waals surface area (Å²) in [6.07, 6.45) is -12.7. The van der Waals surface area contributed by atoms with Gasteiger partial charge >= 0.3 is 11.9 Å². The molecule has 2 aromatic carbocycles. The molecular formula is C33H40O18. The molecule has 280 valence electrons. The van der Waals surface area contributed by atoms with Gasteiger partial charge in [0.05, 0.1) is 34.5 Å². The number of rotatable bonds is 13. The van der Waals surface area contributed by atoms with Gasteiger partial charge in [-0.3, -0.25) is 0 Å². The molecule has 0 spiro atoms. The van der Waals surface area contributed by atoms with Gasteiger partial charge in [0.1, 0.15) is 42.7 Å². The van der Waals surface area contributed by atoms with E-state index >= 15 is 0 Å². The lowest BCUT2D eigenvalue weighted by molar-refractivity contribution is -0.327. The number of methoxy groups -OCH3 is 3. The maximum Gasteiger partial charge on any atom is 0.333 e. The van der Waals surface area contributed by atoms with E-state index in [-0.39, 0.29) is 28.7 Å². The fourth-order valence-corrected chi connectivity index (χ4v) is 5.12. The fraction of sp³-hybridized carbons (Fsp3) is 0.455. The molecule has 2 saturated heterocycles. The molecule has 0 amide bonds. The molecule has 0 aliphatic carbocycles. The maximum absolute atomic E-state index is 12.8. The Labute approximate surface area is 290 Å². The average molecular weight is 725 g/mol. The number of carbonyl (C=O) groups excluding carboxylic acids is 2. The van der Waals surface area contributed by atoms with Crippen LogP contribution in [0.3, 0.4) is 0 Å². The van der Waals surface area contributed by atoms with Crippen LogP contribution in [0.15, 0.2) is 42.5 Å². The van der Waals surface area contributed by atoms with Crippen LogP contribution in [0.1, 0.15) is 11.1 Å². The molecule has 0 radical (unpaired) electrons. The van der Waals surface area contributed by atoms with Gasteiger partial charge in [-0.05, 0) is 47.5 Å². The van der Waals surface area contributed by atoms with Gasteiger partial charge in [-0.1, -0.05) is 6.07 Å². The number of esters is 2. The van der Waals surface area contributed by atoms with Crippen LogP contribution in [-0.4, -0.2) is 149 Å². The highest BCUT2D eigenvalue weighted by Gasteiger charge is 2.49. The Hall–Kier alpha value is -4.50. The number of ether oxygens (including phenoxy) is 8. The van der Waals surface area contributed by atoms with E-state index in [0.29, 0.717) is 11.1 Å². The monoisotopic (exact) mass is 724 g/mol. The van der Waals surface area contributed by atoms with E-state index < -0.39 is 86.6 Å². The lowest BCUT2D eigenvalue weighted by Gasteiger charge is -2.43. The Kier molecular flexibility index (Phi) is 13.6.